The lowest BCUT2D eigenvalue weighted by atomic mass is 9.91. The van der Waals surface area contributed by atoms with Crippen LogP contribution in [0.2, 0.25) is 10.0 Å². The summed E-state index contributed by atoms with van der Waals surface area (Å²) in [6.45, 7) is 8.75. The highest BCUT2D eigenvalue weighted by Crippen LogP contribution is 2.37. The van der Waals surface area contributed by atoms with E-state index in [0.717, 1.165) is 9.88 Å². The Kier molecular flexibility index (Phi) is 9.97. The van der Waals surface area contributed by atoms with Crippen LogP contribution in [-0.4, -0.2) is 60.5 Å². The van der Waals surface area contributed by atoms with Crippen LogP contribution in [0.3, 0.4) is 0 Å². The van der Waals surface area contributed by atoms with Crippen molar-refractivity contribution in [2.75, 3.05) is 37.4 Å². The molecule has 1 fully saturated rings. The smallest absolute Gasteiger partial charge is 0.257 e. The summed E-state index contributed by atoms with van der Waals surface area (Å²) in [7, 11) is 1.80. The largest absolute Gasteiger partial charge is 0.396 e. The van der Waals surface area contributed by atoms with Crippen LogP contribution < -0.4 is 16.0 Å². The fourth-order valence-corrected chi connectivity index (χ4v) is 4.98. The van der Waals surface area contributed by atoms with Crippen molar-refractivity contribution in [1.29, 1.82) is 0 Å². The Hall–Kier alpha value is -2.33. The number of hydrogen-bond acceptors (Lipinski definition) is 6. The lowest BCUT2D eigenvalue weighted by molar-refractivity contribution is -0.135. The number of halogens is 2. The summed E-state index contributed by atoms with van der Waals surface area (Å²) in [6.07, 6.45) is 0.771. The van der Waals surface area contributed by atoms with Crippen molar-refractivity contribution in [2.45, 2.75) is 45.1 Å². The number of rotatable bonds is 6. The molecule has 192 valence electrons. The predicted octanol–water partition coefficient (Wildman–Crippen LogP) is 4.36. The van der Waals surface area contributed by atoms with Crippen molar-refractivity contribution < 1.29 is 19.5 Å². The van der Waals surface area contributed by atoms with E-state index in [2.05, 4.69) is 36.7 Å². The van der Waals surface area contributed by atoms with Gasteiger partial charge in [-0.1, -0.05) is 50.0 Å². The van der Waals surface area contributed by atoms with Crippen LogP contribution in [0.1, 0.15) is 49.4 Å². The maximum absolute atomic E-state index is 13.2. The number of hydrogen-bond donors (Lipinski definition) is 4. The Morgan fingerprint density at radius 2 is 2.03 bits per heavy atom. The molecule has 1 unspecified atom stereocenters. The first-order valence-electron chi connectivity index (χ1n) is 11.1. The number of benzene rings is 1. The topological polar surface area (TPSA) is 111 Å². The first kappa shape index (κ1) is 28.9. The van der Waals surface area contributed by atoms with Crippen molar-refractivity contribution in [2.24, 2.45) is 0 Å². The minimum absolute atomic E-state index is 0.0531. The number of nitrogens with zero attached hydrogens (tertiary/aromatic N) is 1. The SMILES string of the molecule is CNc1sc(C(C)(C)C)cc1C(=O)N1CCNC(=O)C1(C)CCO.O=CNc1cccc(Cl)c1Cl. The summed E-state index contributed by atoms with van der Waals surface area (Å²) in [5, 5.41) is 19.3. The number of amides is 3. The second-order valence-electron chi connectivity index (χ2n) is 9.18. The van der Waals surface area contributed by atoms with E-state index < -0.39 is 5.54 Å². The highest BCUT2D eigenvalue weighted by atomic mass is 35.5. The molecule has 2 aromatic rings. The second kappa shape index (κ2) is 12.1. The lowest BCUT2D eigenvalue weighted by Gasteiger charge is -2.43. The molecule has 0 spiro atoms. The van der Waals surface area contributed by atoms with Crippen LogP contribution in [-0.2, 0) is 15.0 Å². The van der Waals surface area contributed by atoms with E-state index in [0.29, 0.717) is 40.8 Å². The third kappa shape index (κ3) is 6.67. The molecule has 11 heteroatoms. The number of aliphatic hydroxyl groups is 1. The third-order valence-electron chi connectivity index (χ3n) is 5.64. The van der Waals surface area contributed by atoms with Crippen molar-refractivity contribution in [3.8, 4) is 0 Å². The fraction of sp³-hybridized carbons (Fsp3) is 0.458. The number of carbonyl (C=O) groups is 3. The van der Waals surface area contributed by atoms with Gasteiger partial charge >= 0.3 is 0 Å². The van der Waals surface area contributed by atoms with Crippen LogP contribution in [0.5, 0.6) is 0 Å². The number of piperazine rings is 1. The van der Waals surface area contributed by atoms with Gasteiger partial charge in [-0.25, -0.2) is 0 Å². The van der Waals surface area contributed by atoms with Gasteiger partial charge < -0.3 is 26.0 Å². The Morgan fingerprint density at radius 3 is 2.60 bits per heavy atom. The predicted molar refractivity (Wildman–Crippen MR) is 143 cm³/mol. The van der Waals surface area contributed by atoms with Gasteiger partial charge in [0.2, 0.25) is 12.3 Å². The molecule has 1 aliphatic rings. The second-order valence-corrected chi connectivity index (χ2v) is 11.0. The first-order valence-corrected chi connectivity index (χ1v) is 12.6. The molecule has 1 aliphatic heterocycles. The fourth-order valence-electron chi connectivity index (χ4n) is 3.56. The van der Waals surface area contributed by atoms with Crippen LogP contribution in [0.25, 0.3) is 0 Å². The van der Waals surface area contributed by atoms with Gasteiger partial charge in [-0.15, -0.1) is 11.3 Å². The Balaban J connectivity index is 0.000000328. The standard InChI is InChI=1S/C17H27N3O3S.C7H5Cl2NO/c1-16(2,3)12-10-11(13(18-5)24-12)14(22)20-8-7-19-15(23)17(20,4)6-9-21;8-5-2-1-3-6(7(5)9)10-4-11/h10,18,21H,6-9H2,1-5H3,(H,19,23);1-4H,(H,10,11). The summed E-state index contributed by atoms with van der Waals surface area (Å²) in [6, 6.07) is 6.95. The Bertz CT molecular complexity index is 1070. The van der Waals surface area contributed by atoms with Gasteiger partial charge in [0, 0.05) is 38.0 Å². The molecule has 3 amide bonds. The van der Waals surface area contributed by atoms with E-state index in [1.807, 2.05) is 6.07 Å². The zero-order valence-corrected chi connectivity index (χ0v) is 22.8. The van der Waals surface area contributed by atoms with Crippen LogP contribution in [0.15, 0.2) is 24.3 Å². The zero-order valence-electron chi connectivity index (χ0n) is 20.5. The molecule has 3 rings (SSSR count). The van der Waals surface area contributed by atoms with Crippen LogP contribution in [0.4, 0.5) is 10.7 Å². The molecule has 1 atom stereocenters. The quantitative estimate of drug-likeness (QED) is 0.405. The third-order valence-corrected chi connectivity index (χ3v) is 8.04. The molecule has 35 heavy (non-hydrogen) atoms. The van der Waals surface area contributed by atoms with Gasteiger partial charge in [-0.2, -0.15) is 0 Å². The van der Waals surface area contributed by atoms with Crippen LogP contribution >= 0.6 is 34.5 Å². The lowest BCUT2D eigenvalue weighted by Crippen LogP contribution is -2.65. The number of aliphatic hydroxyl groups excluding tert-OH is 1. The molecule has 0 saturated carbocycles. The molecular formula is C24H32Cl2N4O4S. The summed E-state index contributed by atoms with van der Waals surface area (Å²) in [5.74, 6) is -0.384. The van der Waals surface area contributed by atoms with Crippen molar-refractivity contribution in [3.63, 3.8) is 0 Å². The Labute approximate surface area is 220 Å². The maximum atomic E-state index is 13.2. The maximum Gasteiger partial charge on any atom is 0.257 e. The van der Waals surface area contributed by atoms with E-state index in [1.54, 1.807) is 48.4 Å². The zero-order chi connectivity index (χ0) is 26.4. The number of carbonyl (C=O) groups excluding carboxylic acids is 3. The van der Waals surface area contributed by atoms with E-state index in [9.17, 15) is 19.5 Å². The summed E-state index contributed by atoms with van der Waals surface area (Å²) >= 11 is 12.9. The molecular weight excluding hydrogens is 511 g/mol. The normalized spacial score (nSPS) is 17.7. The van der Waals surface area contributed by atoms with E-state index in [1.165, 1.54) is 0 Å². The van der Waals surface area contributed by atoms with Gasteiger partial charge in [0.05, 0.1) is 21.3 Å². The highest BCUT2D eigenvalue weighted by Gasteiger charge is 2.45. The van der Waals surface area contributed by atoms with Gasteiger partial charge in [0.1, 0.15) is 10.5 Å². The average Bonchev–Trinajstić information content (AvgIpc) is 3.24. The highest BCUT2D eigenvalue weighted by molar-refractivity contribution is 7.16. The van der Waals surface area contributed by atoms with Crippen LogP contribution in [0, 0.1) is 0 Å². The van der Waals surface area contributed by atoms with Gasteiger partial charge in [0.25, 0.3) is 5.91 Å². The average molecular weight is 544 g/mol. The van der Waals surface area contributed by atoms with Gasteiger partial charge in [-0.3, -0.25) is 14.4 Å². The van der Waals surface area contributed by atoms with Crippen molar-refractivity contribution in [1.82, 2.24) is 10.2 Å². The van der Waals surface area contributed by atoms with E-state index in [4.69, 9.17) is 23.2 Å². The van der Waals surface area contributed by atoms with E-state index >= 15 is 0 Å². The van der Waals surface area contributed by atoms with Gasteiger partial charge in [-0.05, 0) is 30.5 Å². The summed E-state index contributed by atoms with van der Waals surface area (Å²) < 4.78 is 0. The number of anilines is 2. The Morgan fingerprint density at radius 1 is 1.34 bits per heavy atom. The minimum atomic E-state index is -1.03. The summed E-state index contributed by atoms with van der Waals surface area (Å²) in [4.78, 5) is 38.3. The molecule has 8 nitrogen and oxygen atoms in total. The summed E-state index contributed by atoms with van der Waals surface area (Å²) in [5.41, 5.74) is 0.0296. The number of thiophene rings is 1. The number of nitrogens with one attached hydrogen (secondary N) is 3. The van der Waals surface area contributed by atoms with E-state index in [-0.39, 0.29) is 30.3 Å². The molecule has 0 radical (unpaired) electrons. The monoisotopic (exact) mass is 542 g/mol. The first-order chi connectivity index (χ1) is 16.4. The molecule has 2 heterocycles. The van der Waals surface area contributed by atoms with Gasteiger partial charge in [0.15, 0.2) is 0 Å². The molecule has 0 bridgehead atoms. The molecule has 1 saturated heterocycles. The molecule has 1 aromatic heterocycles. The molecule has 1 aromatic carbocycles. The van der Waals surface area contributed by atoms with Crippen molar-refractivity contribution in [3.05, 3.63) is 44.8 Å². The molecule has 0 aliphatic carbocycles. The molecule has 4 N–H and O–H groups in total. The van der Waals surface area contributed by atoms with Crippen molar-refractivity contribution >= 4 is 63.5 Å². The minimum Gasteiger partial charge on any atom is -0.396 e.